The molecule has 1 heterocycles. The van der Waals surface area contributed by atoms with E-state index in [0.717, 1.165) is 28.9 Å². The maximum atomic E-state index is 2.66. The van der Waals surface area contributed by atoms with E-state index in [2.05, 4.69) is 252 Å². The van der Waals surface area contributed by atoms with E-state index in [9.17, 15) is 0 Å². The highest BCUT2D eigenvalue weighted by Gasteiger charge is 2.64. The standard InChI is InChI=1S/C71H54N2/c1-2-16-48(17-3-1)50-18-14-20-55(43-50)72(54-34-32-49(33-35-54)51-19-15-21-56(44-51)73-68-30-12-6-24-60(68)61-25-7-13-31-69(61)73)57-36-37-66-67(45-57)71(62-26-8-4-22-58(62)59-23-5-9-27-63(59)71)65-29-11-10-28-64(65)70(66)52-39-46-38-47(41-52)42-53(70)40-46/h1-37,43-47,52-53H,38-42H2. The molecular formula is C71H54N2. The quantitative estimate of drug-likeness (QED) is 0.161. The topological polar surface area (TPSA) is 8.17 Å². The molecule has 17 rings (SSSR count). The zero-order valence-corrected chi connectivity index (χ0v) is 40.8. The second kappa shape index (κ2) is 15.6. The highest BCUT2D eigenvalue weighted by Crippen LogP contribution is 2.71. The van der Waals surface area contributed by atoms with Gasteiger partial charge >= 0.3 is 0 Å². The van der Waals surface area contributed by atoms with Crippen molar-refractivity contribution in [3.05, 3.63) is 276 Å². The molecule has 4 saturated carbocycles. The van der Waals surface area contributed by atoms with Gasteiger partial charge in [0.15, 0.2) is 0 Å². The first-order chi connectivity index (χ1) is 36.2. The normalized spacial score (nSPS) is 21.3. The zero-order chi connectivity index (χ0) is 47.8. The van der Waals surface area contributed by atoms with Gasteiger partial charge in [-0.1, -0.05) is 182 Å². The van der Waals surface area contributed by atoms with E-state index in [1.807, 2.05) is 0 Å². The van der Waals surface area contributed by atoms with Gasteiger partial charge in [0.2, 0.25) is 0 Å². The van der Waals surface area contributed by atoms with E-state index in [-0.39, 0.29) is 5.41 Å². The Bertz CT molecular complexity index is 3880. The average Bonchev–Trinajstić information content (AvgIpc) is 3.95. The Balaban J connectivity index is 0.907. The predicted molar refractivity (Wildman–Crippen MR) is 301 cm³/mol. The first-order valence-corrected chi connectivity index (χ1v) is 26.8. The Kier molecular flexibility index (Phi) is 8.88. The lowest BCUT2D eigenvalue weighted by molar-refractivity contribution is -0.0440. The third-order valence-corrected chi connectivity index (χ3v) is 18.6. The molecule has 0 aliphatic heterocycles. The second-order valence-corrected chi connectivity index (χ2v) is 22.0. The summed E-state index contributed by atoms with van der Waals surface area (Å²) in [5.41, 5.74) is 23.0. The molecule has 0 atom stereocenters. The summed E-state index contributed by atoms with van der Waals surface area (Å²) in [4.78, 5) is 2.54. The van der Waals surface area contributed by atoms with Gasteiger partial charge in [-0.2, -0.15) is 0 Å². The van der Waals surface area contributed by atoms with Gasteiger partial charge in [-0.3, -0.25) is 0 Å². The maximum absolute atomic E-state index is 2.66. The SMILES string of the molecule is c1ccc(-c2cccc(N(c3ccc(-c4cccc(-n5c6ccccc6c6ccccc65)c4)cc3)c3ccc4c(c3)C3(c5ccccc5-c5ccccc53)c3ccccc3C43C4CC5CC(C4)CC3C5)c2)cc1. The predicted octanol–water partition coefficient (Wildman–Crippen LogP) is 18.0. The summed E-state index contributed by atoms with van der Waals surface area (Å²) in [6.45, 7) is 0. The van der Waals surface area contributed by atoms with Crippen LogP contribution in [0.25, 0.3) is 60.9 Å². The molecular weight excluding hydrogens is 881 g/mol. The molecule has 6 aliphatic carbocycles. The van der Waals surface area contributed by atoms with Crippen molar-refractivity contribution in [2.45, 2.75) is 42.9 Å². The van der Waals surface area contributed by atoms with E-state index >= 15 is 0 Å². The van der Waals surface area contributed by atoms with Gasteiger partial charge in [-0.15, -0.1) is 0 Å². The Morgan fingerprint density at radius 2 is 0.822 bits per heavy atom. The minimum absolute atomic E-state index is 0.0247. The van der Waals surface area contributed by atoms with Gasteiger partial charge in [-0.05, 0) is 183 Å². The van der Waals surface area contributed by atoms with Crippen LogP contribution in [-0.4, -0.2) is 4.57 Å². The van der Waals surface area contributed by atoms with Crippen molar-refractivity contribution in [3.8, 4) is 39.1 Å². The number of fused-ring (bicyclic) bond motifs is 12. The molecule has 2 spiro atoms. The lowest BCUT2D eigenvalue weighted by Gasteiger charge is -2.65. The number of nitrogens with zero attached hydrogens (tertiary/aromatic N) is 2. The summed E-state index contributed by atoms with van der Waals surface area (Å²) < 4.78 is 2.42. The molecule has 0 saturated heterocycles. The van der Waals surface area contributed by atoms with Crippen LogP contribution in [0.1, 0.15) is 65.5 Å². The van der Waals surface area contributed by atoms with Crippen molar-refractivity contribution in [1.29, 1.82) is 0 Å². The van der Waals surface area contributed by atoms with Crippen LogP contribution < -0.4 is 4.90 Å². The van der Waals surface area contributed by atoms with Gasteiger partial charge in [0.25, 0.3) is 0 Å². The van der Waals surface area contributed by atoms with Crippen LogP contribution in [0.5, 0.6) is 0 Å². The number of hydrogen-bond acceptors (Lipinski definition) is 1. The fraction of sp³-hybridized carbons (Fsp3) is 0.155. The summed E-state index contributed by atoms with van der Waals surface area (Å²) in [5, 5.41) is 2.55. The van der Waals surface area contributed by atoms with Crippen LogP contribution in [0.3, 0.4) is 0 Å². The number of para-hydroxylation sites is 2. The minimum atomic E-state index is -0.474. The first kappa shape index (κ1) is 41.4. The molecule has 0 amide bonds. The fourth-order valence-corrected chi connectivity index (χ4v) is 16.2. The smallest absolute Gasteiger partial charge is 0.0720 e. The van der Waals surface area contributed by atoms with E-state index in [0.29, 0.717) is 11.8 Å². The van der Waals surface area contributed by atoms with Crippen molar-refractivity contribution in [1.82, 2.24) is 4.57 Å². The molecule has 73 heavy (non-hydrogen) atoms. The van der Waals surface area contributed by atoms with Crippen LogP contribution >= 0.6 is 0 Å². The van der Waals surface area contributed by atoms with E-state index in [4.69, 9.17) is 0 Å². The number of benzene rings is 10. The van der Waals surface area contributed by atoms with Gasteiger partial charge < -0.3 is 9.47 Å². The van der Waals surface area contributed by atoms with E-state index < -0.39 is 5.41 Å². The molecule has 1 aromatic heterocycles. The monoisotopic (exact) mass is 934 g/mol. The van der Waals surface area contributed by atoms with Crippen LogP contribution in [-0.2, 0) is 10.8 Å². The van der Waals surface area contributed by atoms with Crippen molar-refractivity contribution in [2.75, 3.05) is 4.90 Å². The van der Waals surface area contributed by atoms with Crippen molar-refractivity contribution >= 4 is 38.9 Å². The largest absolute Gasteiger partial charge is 0.310 e. The van der Waals surface area contributed by atoms with Crippen LogP contribution in [0, 0.1) is 23.7 Å². The Hall–Kier alpha value is -8.20. The third kappa shape index (κ3) is 5.75. The van der Waals surface area contributed by atoms with Gasteiger partial charge in [0.1, 0.15) is 0 Å². The van der Waals surface area contributed by atoms with Gasteiger partial charge in [0.05, 0.1) is 16.4 Å². The second-order valence-electron chi connectivity index (χ2n) is 22.0. The molecule has 10 aromatic carbocycles. The molecule has 4 fully saturated rings. The van der Waals surface area contributed by atoms with Crippen molar-refractivity contribution in [3.63, 3.8) is 0 Å². The Morgan fingerprint density at radius 1 is 0.329 bits per heavy atom. The number of rotatable bonds is 6. The maximum Gasteiger partial charge on any atom is 0.0720 e. The molecule has 6 aliphatic rings. The molecule has 0 radical (unpaired) electrons. The Labute approximate surface area is 427 Å². The van der Waals surface area contributed by atoms with Crippen LogP contribution in [0.2, 0.25) is 0 Å². The third-order valence-electron chi connectivity index (χ3n) is 18.6. The van der Waals surface area contributed by atoms with Crippen LogP contribution in [0.4, 0.5) is 17.1 Å². The van der Waals surface area contributed by atoms with Gasteiger partial charge in [0, 0.05) is 38.9 Å². The molecule has 4 bridgehead atoms. The number of hydrogen-bond donors (Lipinski definition) is 0. The van der Waals surface area contributed by atoms with Gasteiger partial charge in [-0.25, -0.2) is 0 Å². The summed E-state index contributed by atoms with van der Waals surface area (Å²) in [6, 6.07) is 92.3. The molecule has 11 aromatic rings. The van der Waals surface area contributed by atoms with E-state index in [1.165, 1.54) is 115 Å². The summed E-state index contributed by atoms with van der Waals surface area (Å²) in [5.74, 6) is 2.99. The minimum Gasteiger partial charge on any atom is -0.310 e. The average molecular weight is 935 g/mol. The lowest BCUT2D eigenvalue weighted by Crippen LogP contribution is -2.59. The van der Waals surface area contributed by atoms with E-state index in [1.54, 1.807) is 11.1 Å². The lowest BCUT2D eigenvalue weighted by atomic mass is 9.38. The summed E-state index contributed by atoms with van der Waals surface area (Å²) >= 11 is 0. The van der Waals surface area contributed by atoms with Crippen molar-refractivity contribution < 1.29 is 0 Å². The summed E-state index contributed by atoms with van der Waals surface area (Å²) in [7, 11) is 0. The summed E-state index contributed by atoms with van der Waals surface area (Å²) in [6.07, 6.45) is 6.80. The highest BCUT2D eigenvalue weighted by molar-refractivity contribution is 6.09. The number of aromatic nitrogens is 1. The van der Waals surface area contributed by atoms with Crippen LogP contribution in [0.15, 0.2) is 243 Å². The first-order valence-electron chi connectivity index (χ1n) is 26.8. The molecule has 0 unspecified atom stereocenters. The fourth-order valence-electron chi connectivity index (χ4n) is 16.2. The number of anilines is 3. The molecule has 348 valence electrons. The zero-order valence-electron chi connectivity index (χ0n) is 40.8. The van der Waals surface area contributed by atoms with Crippen molar-refractivity contribution in [2.24, 2.45) is 23.7 Å². The molecule has 0 N–H and O–H groups in total. The Morgan fingerprint density at radius 3 is 1.49 bits per heavy atom. The highest BCUT2D eigenvalue weighted by atomic mass is 15.1. The molecule has 2 nitrogen and oxygen atoms in total. The molecule has 2 heteroatoms.